The summed E-state index contributed by atoms with van der Waals surface area (Å²) in [5.74, 6) is 0.724. The molecule has 3 aromatic rings. The van der Waals surface area contributed by atoms with Gasteiger partial charge in [-0.25, -0.2) is 13.4 Å². The molecule has 0 amide bonds. The van der Waals surface area contributed by atoms with Gasteiger partial charge in [0, 0.05) is 25.0 Å². The molecule has 0 unspecified atom stereocenters. The Kier molecular flexibility index (Phi) is 7.68. The average Bonchev–Trinajstić information content (AvgIpc) is 3.18. The van der Waals surface area contributed by atoms with Crippen LogP contribution in [0.25, 0.3) is 17.1 Å². The van der Waals surface area contributed by atoms with E-state index in [0.29, 0.717) is 24.4 Å². The van der Waals surface area contributed by atoms with E-state index in [0.717, 1.165) is 34.0 Å². The van der Waals surface area contributed by atoms with E-state index >= 15 is 0 Å². The van der Waals surface area contributed by atoms with Gasteiger partial charge >= 0.3 is 6.18 Å². The molecular formula is C23H23F3N4O3S. The number of aryl methyl sites for hydroxylation is 2. The summed E-state index contributed by atoms with van der Waals surface area (Å²) < 4.78 is 58.7. The zero-order valence-corrected chi connectivity index (χ0v) is 19.3. The molecule has 0 spiro atoms. The Hall–Kier alpha value is -3.31. The fourth-order valence-corrected chi connectivity index (χ4v) is 4.75. The molecule has 3 heterocycles. The molecule has 180 valence electrons. The number of rotatable bonds is 4. The Balaban J connectivity index is 0.000000481. The molecule has 0 atom stereocenters. The predicted octanol–water partition coefficient (Wildman–Crippen LogP) is 4.31. The highest BCUT2D eigenvalue weighted by molar-refractivity contribution is 7.89. The number of benzene rings is 1. The van der Waals surface area contributed by atoms with Crippen LogP contribution in [0.15, 0.2) is 59.6 Å². The number of aromatic nitrogens is 3. The van der Waals surface area contributed by atoms with Crippen LogP contribution in [-0.4, -0.2) is 53.2 Å². The maximum absolute atomic E-state index is 13.0. The van der Waals surface area contributed by atoms with E-state index < -0.39 is 22.5 Å². The van der Waals surface area contributed by atoms with E-state index in [1.165, 1.54) is 0 Å². The van der Waals surface area contributed by atoms with Crippen LogP contribution in [0.4, 0.5) is 13.2 Å². The lowest BCUT2D eigenvalue weighted by molar-refractivity contribution is -0.156. The van der Waals surface area contributed by atoms with Crippen molar-refractivity contribution in [3.63, 3.8) is 0 Å². The number of imidazole rings is 1. The predicted molar refractivity (Wildman–Crippen MR) is 121 cm³/mol. The summed E-state index contributed by atoms with van der Waals surface area (Å²) in [7, 11) is -3.51. The Morgan fingerprint density at radius 3 is 2.38 bits per heavy atom. The highest BCUT2D eigenvalue weighted by atomic mass is 32.2. The first-order valence-corrected chi connectivity index (χ1v) is 11.7. The van der Waals surface area contributed by atoms with Crippen LogP contribution < -0.4 is 0 Å². The Bertz CT molecular complexity index is 1270. The lowest BCUT2D eigenvalue weighted by Crippen LogP contribution is -2.35. The summed E-state index contributed by atoms with van der Waals surface area (Å²) in [5, 5.41) is 0. The molecule has 0 saturated carbocycles. The summed E-state index contributed by atoms with van der Waals surface area (Å²) in [6.45, 7) is 4.76. The molecule has 0 aliphatic carbocycles. The molecular weight excluding hydrogens is 469 g/mol. The van der Waals surface area contributed by atoms with Crippen molar-refractivity contribution in [1.29, 1.82) is 0 Å². The number of sulfonamides is 1. The van der Waals surface area contributed by atoms with Crippen LogP contribution in [0, 0.1) is 13.8 Å². The standard InChI is InChI=1S/C21H22N4O2S.C2HF3O/c1-15-16(2)24-21(23-15)20-13-17(10-11-22-20)18-7-6-12-25(14-18)28(26,27)19-8-4-3-5-9-19;3-2(4,5)1-6/h3-5,7-11,13H,6,12,14H2,1-2H3,(H,23,24);1H. The van der Waals surface area contributed by atoms with Crippen molar-refractivity contribution in [2.24, 2.45) is 0 Å². The number of halogens is 3. The van der Waals surface area contributed by atoms with Crippen LogP contribution >= 0.6 is 0 Å². The fraction of sp³-hybridized carbons (Fsp3) is 0.261. The first-order valence-electron chi connectivity index (χ1n) is 10.3. The number of nitrogens with one attached hydrogen (secondary N) is 1. The fourth-order valence-electron chi connectivity index (χ4n) is 3.30. The number of nitrogens with zero attached hydrogens (tertiary/aromatic N) is 3. The number of pyridine rings is 1. The van der Waals surface area contributed by atoms with Gasteiger partial charge in [-0.05, 0) is 55.7 Å². The second-order valence-electron chi connectivity index (χ2n) is 7.55. The number of hydrogen-bond acceptors (Lipinski definition) is 5. The van der Waals surface area contributed by atoms with E-state index in [2.05, 4.69) is 21.0 Å². The van der Waals surface area contributed by atoms with Crippen LogP contribution in [-0.2, 0) is 14.8 Å². The van der Waals surface area contributed by atoms with Gasteiger partial charge in [0.05, 0.1) is 10.6 Å². The van der Waals surface area contributed by atoms with Gasteiger partial charge in [0.25, 0.3) is 0 Å². The Morgan fingerprint density at radius 2 is 1.79 bits per heavy atom. The van der Waals surface area contributed by atoms with Crippen molar-refractivity contribution in [3.05, 3.63) is 71.7 Å². The molecule has 1 aliphatic heterocycles. The van der Waals surface area contributed by atoms with Crippen molar-refractivity contribution in [1.82, 2.24) is 19.3 Å². The average molecular weight is 493 g/mol. The third-order valence-electron chi connectivity index (χ3n) is 5.13. The first-order chi connectivity index (χ1) is 16.0. The second-order valence-corrected chi connectivity index (χ2v) is 9.49. The molecule has 7 nitrogen and oxygen atoms in total. The van der Waals surface area contributed by atoms with Gasteiger partial charge in [-0.2, -0.15) is 17.5 Å². The summed E-state index contributed by atoms with van der Waals surface area (Å²) >= 11 is 0. The maximum Gasteiger partial charge on any atom is 0.446 e. The summed E-state index contributed by atoms with van der Waals surface area (Å²) in [6.07, 6.45) is -1.18. The summed E-state index contributed by atoms with van der Waals surface area (Å²) in [5.41, 5.74) is 4.65. The van der Waals surface area contributed by atoms with Gasteiger partial charge in [-0.1, -0.05) is 24.3 Å². The van der Waals surface area contributed by atoms with Crippen LogP contribution in [0.3, 0.4) is 0 Å². The normalized spacial score (nSPS) is 14.7. The number of H-pyrrole nitrogens is 1. The highest BCUT2D eigenvalue weighted by Crippen LogP contribution is 2.27. The number of aromatic amines is 1. The van der Waals surface area contributed by atoms with Gasteiger partial charge in [-0.3, -0.25) is 9.78 Å². The van der Waals surface area contributed by atoms with E-state index in [1.807, 2.05) is 32.0 Å². The molecule has 1 aliphatic rings. The molecule has 1 aromatic carbocycles. The van der Waals surface area contributed by atoms with Gasteiger partial charge in [0.2, 0.25) is 16.3 Å². The number of hydrogen-bond donors (Lipinski definition) is 1. The summed E-state index contributed by atoms with van der Waals surface area (Å²) in [6, 6.07) is 12.5. The monoisotopic (exact) mass is 492 g/mol. The number of carbonyl (C=O) groups excluding carboxylic acids is 1. The van der Waals surface area contributed by atoms with E-state index in [1.54, 1.807) is 34.8 Å². The number of aldehydes is 1. The van der Waals surface area contributed by atoms with E-state index in [9.17, 15) is 21.6 Å². The molecule has 0 bridgehead atoms. The molecule has 34 heavy (non-hydrogen) atoms. The molecule has 2 aromatic heterocycles. The molecule has 1 N–H and O–H groups in total. The van der Waals surface area contributed by atoms with Crippen molar-refractivity contribution in [2.45, 2.75) is 31.3 Å². The maximum atomic E-state index is 13.0. The minimum atomic E-state index is -4.64. The van der Waals surface area contributed by atoms with E-state index in [4.69, 9.17) is 4.79 Å². The largest absolute Gasteiger partial charge is 0.446 e. The van der Waals surface area contributed by atoms with Gasteiger partial charge < -0.3 is 4.98 Å². The highest BCUT2D eigenvalue weighted by Gasteiger charge is 2.27. The summed E-state index contributed by atoms with van der Waals surface area (Å²) in [4.78, 5) is 21.2. The Labute approximate surface area is 195 Å². The molecule has 0 fully saturated rings. The lowest BCUT2D eigenvalue weighted by Gasteiger charge is -2.27. The van der Waals surface area contributed by atoms with E-state index in [-0.39, 0.29) is 0 Å². The smallest absolute Gasteiger partial charge is 0.341 e. The quantitative estimate of drug-likeness (QED) is 0.548. The zero-order chi connectivity index (χ0) is 24.9. The third kappa shape index (κ3) is 6.17. The van der Waals surface area contributed by atoms with Crippen molar-refractivity contribution >= 4 is 21.9 Å². The van der Waals surface area contributed by atoms with Gasteiger partial charge in [-0.15, -0.1) is 0 Å². The Morgan fingerprint density at radius 1 is 1.12 bits per heavy atom. The minimum Gasteiger partial charge on any atom is -0.341 e. The minimum absolute atomic E-state index is 0.327. The van der Waals surface area contributed by atoms with Crippen molar-refractivity contribution in [2.75, 3.05) is 13.1 Å². The molecule has 0 saturated heterocycles. The van der Waals surface area contributed by atoms with Gasteiger partial charge in [0.1, 0.15) is 5.69 Å². The van der Waals surface area contributed by atoms with Crippen LogP contribution in [0.2, 0.25) is 0 Å². The van der Waals surface area contributed by atoms with Crippen LogP contribution in [0.1, 0.15) is 23.4 Å². The van der Waals surface area contributed by atoms with Crippen molar-refractivity contribution < 1.29 is 26.4 Å². The zero-order valence-electron chi connectivity index (χ0n) is 18.5. The second kappa shape index (κ2) is 10.3. The molecule has 0 radical (unpaired) electrons. The topological polar surface area (TPSA) is 96.0 Å². The lowest BCUT2D eigenvalue weighted by atomic mass is 10.0. The number of alkyl halides is 3. The SMILES string of the molecule is Cc1nc(-c2cc(C3=CCCN(S(=O)(=O)c4ccccc4)C3)ccn2)[nH]c1C.O=CC(F)(F)F. The van der Waals surface area contributed by atoms with Crippen molar-refractivity contribution in [3.8, 4) is 11.5 Å². The molecule has 4 rings (SSSR count). The number of carbonyl (C=O) groups is 1. The molecule has 11 heteroatoms. The van der Waals surface area contributed by atoms with Gasteiger partial charge in [0.15, 0.2) is 5.82 Å². The first kappa shape index (κ1) is 25.3. The van der Waals surface area contributed by atoms with Crippen LogP contribution in [0.5, 0.6) is 0 Å². The third-order valence-corrected chi connectivity index (χ3v) is 6.99.